The van der Waals surface area contributed by atoms with Crippen molar-refractivity contribution in [3.8, 4) is 0 Å². The largest absolute Gasteiger partial charge is 0.350 e. The van der Waals surface area contributed by atoms with Crippen molar-refractivity contribution in [2.75, 3.05) is 10.8 Å². The summed E-state index contributed by atoms with van der Waals surface area (Å²) in [5, 5.41) is 4.05. The van der Waals surface area contributed by atoms with Crippen LogP contribution in [0.1, 0.15) is 5.56 Å². The summed E-state index contributed by atoms with van der Waals surface area (Å²) in [7, 11) is -3.97. The van der Waals surface area contributed by atoms with E-state index in [-0.39, 0.29) is 11.4 Å². The molecule has 0 saturated carbocycles. The Morgan fingerprint density at radius 2 is 1.50 bits per heavy atom. The lowest BCUT2D eigenvalue weighted by molar-refractivity contribution is -0.119. The van der Waals surface area contributed by atoms with Crippen molar-refractivity contribution < 1.29 is 13.2 Å². The highest BCUT2D eigenvalue weighted by atomic mass is 35.5. The molecule has 5 nitrogen and oxygen atoms in total. The van der Waals surface area contributed by atoms with Crippen LogP contribution in [0.3, 0.4) is 0 Å². The highest BCUT2D eigenvalue weighted by Crippen LogP contribution is 2.25. The minimum absolute atomic E-state index is 0.0773. The summed E-state index contributed by atoms with van der Waals surface area (Å²) in [6.45, 7) is -0.279. The average Bonchev–Trinajstić information content (AvgIpc) is 2.73. The van der Waals surface area contributed by atoms with Gasteiger partial charge < -0.3 is 5.32 Å². The van der Waals surface area contributed by atoms with Crippen LogP contribution < -0.4 is 9.62 Å². The van der Waals surface area contributed by atoms with Gasteiger partial charge in [-0.15, -0.1) is 0 Å². The summed E-state index contributed by atoms with van der Waals surface area (Å²) in [6, 6.07) is 19.1. The Hall–Kier alpha value is -2.25. The molecule has 156 valence electrons. The molecule has 0 bridgehead atoms. The van der Waals surface area contributed by atoms with Gasteiger partial charge in [-0.3, -0.25) is 9.10 Å². The molecule has 0 aliphatic carbocycles. The van der Waals surface area contributed by atoms with E-state index in [1.165, 1.54) is 12.1 Å². The predicted octanol–water partition coefficient (Wildman–Crippen LogP) is 5.16. The standard InChI is InChI=1S/C21H17Cl3N2O3S/c22-16-8-10-18(11-9-16)26(30(28,29)19-4-2-1-3-5-19)14-21(27)25-13-15-6-7-17(23)12-20(15)24/h1-12H,13-14H2,(H,25,27). The van der Waals surface area contributed by atoms with E-state index in [9.17, 15) is 13.2 Å². The first-order chi connectivity index (χ1) is 14.3. The number of halogens is 3. The van der Waals surface area contributed by atoms with Crippen molar-refractivity contribution in [2.24, 2.45) is 0 Å². The quantitative estimate of drug-likeness (QED) is 0.505. The number of nitrogens with one attached hydrogen (secondary N) is 1. The fraction of sp³-hybridized carbons (Fsp3) is 0.0952. The number of carbonyl (C=O) groups is 1. The molecule has 0 aliphatic rings. The van der Waals surface area contributed by atoms with Gasteiger partial charge in [0.2, 0.25) is 5.91 Å². The number of sulfonamides is 1. The predicted molar refractivity (Wildman–Crippen MR) is 121 cm³/mol. The minimum Gasteiger partial charge on any atom is -0.350 e. The van der Waals surface area contributed by atoms with Gasteiger partial charge in [-0.25, -0.2) is 8.42 Å². The number of benzene rings is 3. The van der Waals surface area contributed by atoms with Gasteiger partial charge in [0, 0.05) is 21.6 Å². The van der Waals surface area contributed by atoms with E-state index in [0.29, 0.717) is 26.3 Å². The molecule has 0 radical (unpaired) electrons. The van der Waals surface area contributed by atoms with E-state index in [1.54, 1.807) is 60.7 Å². The van der Waals surface area contributed by atoms with E-state index in [4.69, 9.17) is 34.8 Å². The molecule has 0 saturated heterocycles. The number of hydrogen-bond acceptors (Lipinski definition) is 3. The van der Waals surface area contributed by atoms with E-state index < -0.39 is 22.5 Å². The van der Waals surface area contributed by atoms with Gasteiger partial charge in [-0.2, -0.15) is 0 Å². The van der Waals surface area contributed by atoms with Gasteiger partial charge in [0.1, 0.15) is 6.54 Å². The van der Waals surface area contributed by atoms with Crippen molar-refractivity contribution in [1.82, 2.24) is 5.32 Å². The van der Waals surface area contributed by atoms with Crippen LogP contribution >= 0.6 is 34.8 Å². The van der Waals surface area contributed by atoms with Crippen LogP contribution in [-0.2, 0) is 21.4 Å². The Morgan fingerprint density at radius 1 is 0.867 bits per heavy atom. The van der Waals surface area contributed by atoms with Gasteiger partial charge in [0.25, 0.3) is 10.0 Å². The Labute approximate surface area is 190 Å². The van der Waals surface area contributed by atoms with Gasteiger partial charge in [0.15, 0.2) is 0 Å². The first-order valence-corrected chi connectivity index (χ1v) is 11.4. The summed E-state index contributed by atoms with van der Waals surface area (Å²) in [5.74, 6) is -0.490. The highest BCUT2D eigenvalue weighted by Gasteiger charge is 2.27. The molecule has 3 aromatic carbocycles. The summed E-state index contributed by atoms with van der Waals surface area (Å²) in [4.78, 5) is 12.7. The van der Waals surface area contributed by atoms with Gasteiger partial charge in [0.05, 0.1) is 10.6 Å². The van der Waals surface area contributed by atoms with Crippen molar-refractivity contribution >= 4 is 56.4 Å². The number of carbonyl (C=O) groups excluding carboxylic acids is 1. The molecule has 1 amide bonds. The topological polar surface area (TPSA) is 66.5 Å². The average molecular weight is 484 g/mol. The molecular weight excluding hydrogens is 467 g/mol. The van der Waals surface area contributed by atoms with E-state index in [1.807, 2.05) is 0 Å². The molecule has 3 aromatic rings. The van der Waals surface area contributed by atoms with Crippen LogP contribution in [0, 0.1) is 0 Å². The molecule has 3 rings (SSSR count). The minimum atomic E-state index is -3.97. The maximum atomic E-state index is 13.2. The molecule has 0 atom stereocenters. The lowest BCUT2D eigenvalue weighted by Crippen LogP contribution is -2.40. The zero-order valence-electron chi connectivity index (χ0n) is 15.6. The molecule has 1 N–H and O–H groups in total. The van der Waals surface area contributed by atoms with Crippen LogP contribution in [0.5, 0.6) is 0 Å². The number of hydrogen-bond donors (Lipinski definition) is 1. The van der Waals surface area contributed by atoms with Crippen LogP contribution in [0.4, 0.5) is 5.69 Å². The first kappa shape index (κ1) is 22.4. The third-order valence-electron chi connectivity index (χ3n) is 4.22. The van der Waals surface area contributed by atoms with Gasteiger partial charge in [-0.05, 0) is 54.1 Å². The molecular formula is C21H17Cl3N2O3S. The smallest absolute Gasteiger partial charge is 0.264 e. The van der Waals surface area contributed by atoms with Crippen LogP contribution in [0.15, 0.2) is 77.7 Å². The molecule has 9 heteroatoms. The molecule has 0 aromatic heterocycles. The van der Waals surface area contributed by atoms with Crippen molar-refractivity contribution in [3.63, 3.8) is 0 Å². The van der Waals surface area contributed by atoms with Crippen LogP contribution in [-0.4, -0.2) is 20.9 Å². The van der Waals surface area contributed by atoms with Crippen molar-refractivity contribution in [3.05, 3.63) is 93.4 Å². The fourth-order valence-electron chi connectivity index (χ4n) is 2.69. The van der Waals surface area contributed by atoms with E-state index >= 15 is 0 Å². The fourth-order valence-corrected chi connectivity index (χ4v) is 4.73. The highest BCUT2D eigenvalue weighted by molar-refractivity contribution is 7.92. The SMILES string of the molecule is O=C(CN(c1ccc(Cl)cc1)S(=O)(=O)c1ccccc1)NCc1ccc(Cl)cc1Cl. The van der Waals surface area contributed by atoms with Crippen LogP contribution in [0.2, 0.25) is 15.1 Å². The third-order valence-corrected chi connectivity index (χ3v) is 6.85. The van der Waals surface area contributed by atoms with Crippen molar-refractivity contribution in [1.29, 1.82) is 0 Å². The number of anilines is 1. The second-order valence-corrected chi connectivity index (χ2v) is 9.46. The normalized spacial score (nSPS) is 11.2. The molecule has 0 unspecified atom stereocenters. The number of rotatable bonds is 7. The van der Waals surface area contributed by atoms with Gasteiger partial charge >= 0.3 is 0 Å². The second-order valence-electron chi connectivity index (χ2n) is 6.31. The Balaban J connectivity index is 1.83. The maximum Gasteiger partial charge on any atom is 0.264 e. The molecule has 0 spiro atoms. The van der Waals surface area contributed by atoms with Crippen molar-refractivity contribution in [2.45, 2.75) is 11.4 Å². The molecule has 0 fully saturated rings. The summed E-state index contributed by atoms with van der Waals surface area (Å²) >= 11 is 17.9. The summed E-state index contributed by atoms with van der Waals surface area (Å²) < 4.78 is 27.4. The zero-order chi connectivity index (χ0) is 21.7. The Kier molecular flexibility index (Phi) is 7.26. The lowest BCUT2D eigenvalue weighted by atomic mass is 10.2. The monoisotopic (exact) mass is 482 g/mol. The summed E-state index contributed by atoms with van der Waals surface area (Å²) in [5.41, 5.74) is 0.987. The summed E-state index contributed by atoms with van der Waals surface area (Å²) in [6.07, 6.45) is 0. The zero-order valence-corrected chi connectivity index (χ0v) is 18.6. The molecule has 30 heavy (non-hydrogen) atoms. The molecule has 0 heterocycles. The Morgan fingerprint density at radius 3 is 2.13 bits per heavy atom. The second kappa shape index (κ2) is 9.71. The van der Waals surface area contributed by atoms with E-state index in [0.717, 1.165) is 4.31 Å². The molecule has 0 aliphatic heterocycles. The number of nitrogens with zero attached hydrogens (tertiary/aromatic N) is 1. The lowest BCUT2D eigenvalue weighted by Gasteiger charge is -2.24. The third kappa shape index (κ3) is 5.46. The maximum absolute atomic E-state index is 13.2. The first-order valence-electron chi connectivity index (χ1n) is 8.81. The van der Waals surface area contributed by atoms with Crippen LogP contribution in [0.25, 0.3) is 0 Å². The van der Waals surface area contributed by atoms with Gasteiger partial charge in [-0.1, -0.05) is 59.1 Å². The Bertz CT molecular complexity index is 1140. The van der Waals surface area contributed by atoms with E-state index in [2.05, 4.69) is 5.32 Å². The number of amides is 1.